The second-order valence-corrected chi connectivity index (χ2v) is 5.15. The Labute approximate surface area is 122 Å². The fraction of sp³-hybridized carbons (Fsp3) is 0.615. The van der Waals surface area contributed by atoms with Crippen LogP contribution in [0.3, 0.4) is 0 Å². The molecule has 1 rings (SSSR count). The van der Waals surface area contributed by atoms with Crippen molar-refractivity contribution in [3.05, 3.63) is 11.1 Å². The summed E-state index contributed by atoms with van der Waals surface area (Å²) in [6.45, 7) is 5.50. The van der Waals surface area contributed by atoms with Crippen molar-refractivity contribution in [1.82, 2.24) is 10.3 Å². The first-order valence-electron chi connectivity index (χ1n) is 6.72. The number of hydrogen-bond donors (Lipinski definition) is 2. The highest BCUT2D eigenvalue weighted by atomic mass is 32.1. The van der Waals surface area contributed by atoms with Gasteiger partial charge in [0.2, 0.25) is 5.91 Å². The molecule has 2 amide bonds. The molecule has 0 saturated heterocycles. The van der Waals surface area contributed by atoms with Crippen molar-refractivity contribution < 1.29 is 14.3 Å². The lowest BCUT2D eigenvalue weighted by Crippen LogP contribution is -2.25. The summed E-state index contributed by atoms with van der Waals surface area (Å²) in [5.74, 6) is -0.429. The predicted molar refractivity (Wildman–Crippen MR) is 79.1 cm³/mol. The smallest absolute Gasteiger partial charge is 0.270 e. The molecule has 0 aliphatic rings. The normalized spacial score (nSPS) is 10.3. The molecular formula is C13H21N3O3S. The van der Waals surface area contributed by atoms with Gasteiger partial charge < -0.3 is 15.4 Å². The molecule has 1 heterocycles. The van der Waals surface area contributed by atoms with Gasteiger partial charge in [0.05, 0.1) is 0 Å². The summed E-state index contributed by atoms with van der Waals surface area (Å²) in [7, 11) is 0. The molecule has 0 aromatic carbocycles. The first-order chi connectivity index (χ1) is 9.63. The van der Waals surface area contributed by atoms with Crippen molar-refractivity contribution in [1.29, 1.82) is 0 Å². The van der Waals surface area contributed by atoms with E-state index < -0.39 is 0 Å². The number of ether oxygens (including phenoxy) is 1. The zero-order valence-electron chi connectivity index (χ0n) is 11.9. The maximum absolute atomic E-state index is 11.8. The fourth-order valence-electron chi connectivity index (χ4n) is 1.40. The second kappa shape index (κ2) is 9.44. The number of carbonyl (C=O) groups excluding carboxylic acids is 2. The lowest BCUT2D eigenvalue weighted by molar-refractivity contribution is -0.114. The third-order valence-electron chi connectivity index (χ3n) is 2.41. The summed E-state index contributed by atoms with van der Waals surface area (Å²) < 4.78 is 5.40. The van der Waals surface area contributed by atoms with Gasteiger partial charge in [0.25, 0.3) is 5.91 Å². The maximum atomic E-state index is 11.8. The van der Waals surface area contributed by atoms with E-state index in [1.165, 1.54) is 18.3 Å². The average Bonchev–Trinajstić information content (AvgIpc) is 2.85. The second-order valence-electron chi connectivity index (χ2n) is 4.29. The Morgan fingerprint density at radius 3 is 2.80 bits per heavy atom. The summed E-state index contributed by atoms with van der Waals surface area (Å²) in [6.07, 6.45) is 2.96. The summed E-state index contributed by atoms with van der Waals surface area (Å²) in [5, 5.41) is 7.37. The van der Waals surface area contributed by atoms with Crippen LogP contribution in [0, 0.1) is 0 Å². The minimum absolute atomic E-state index is 0.199. The highest BCUT2D eigenvalue weighted by molar-refractivity contribution is 7.14. The number of unbranched alkanes of at least 4 members (excludes halogenated alkanes) is 1. The van der Waals surface area contributed by atoms with E-state index in [-0.39, 0.29) is 11.8 Å². The van der Waals surface area contributed by atoms with E-state index in [9.17, 15) is 9.59 Å². The van der Waals surface area contributed by atoms with Crippen molar-refractivity contribution in [2.45, 2.75) is 33.1 Å². The Balaban J connectivity index is 2.19. The third-order valence-corrected chi connectivity index (χ3v) is 3.17. The lowest BCUT2D eigenvalue weighted by atomic mass is 10.3. The number of rotatable bonds is 9. The van der Waals surface area contributed by atoms with Gasteiger partial charge in [0, 0.05) is 32.1 Å². The lowest BCUT2D eigenvalue weighted by Gasteiger charge is -2.04. The molecule has 1 aromatic heterocycles. The Hall–Kier alpha value is -1.47. The third kappa shape index (κ3) is 6.63. The largest absolute Gasteiger partial charge is 0.381 e. The summed E-state index contributed by atoms with van der Waals surface area (Å²) >= 11 is 1.23. The van der Waals surface area contributed by atoms with E-state index in [0.717, 1.165) is 25.9 Å². The van der Waals surface area contributed by atoms with Crippen LogP contribution < -0.4 is 10.6 Å². The first kappa shape index (κ1) is 16.6. The summed E-state index contributed by atoms with van der Waals surface area (Å²) in [5.41, 5.74) is 0.325. The topological polar surface area (TPSA) is 80.3 Å². The SMILES string of the molecule is CCCCOCCCNC(=O)c1csc(NC(C)=O)n1. The van der Waals surface area contributed by atoms with E-state index in [2.05, 4.69) is 22.5 Å². The zero-order valence-corrected chi connectivity index (χ0v) is 12.7. The minimum atomic E-state index is -0.230. The number of anilines is 1. The molecular weight excluding hydrogens is 278 g/mol. The van der Waals surface area contributed by atoms with E-state index in [4.69, 9.17) is 4.74 Å². The predicted octanol–water partition coefficient (Wildman–Crippen LogP) is 2.04. The van der Waals surface area contributed by atoms with Crippen LogP contribution in [0.1, 0.15) is 43.6 Å². The van der Waals surface area contributed by atoms with Gasteiger partial charge in [-0.2, -0.15) is 0 Å². The number of nitrogens with one attached hydrogen (secondary N) is 2. The van der Waals surface area contributed by atoms with Crippen LogP contribution in [0.4, 0.5) is 5.13 Å². The highest BCUT2D eigenvalue weighted by Crippen LogP contribution is 2.14. The number of amides is 2. The van der Waals surface area contributed by atoms with Crippen LogP contribution in [-0.4, -0.2) is 36.6 Å². The molecule has 0 atom stereocenters. The average molecular weight is 299 g/mol. The van der Waals surface area contributed by atoms with E-state index in [1.54, 1.807) is 5.38 Å². The van der Waals surface area contributed by atoms with Gasteiger partial charge in [0.15, 0.2) is 5.13 Å². The highest BCUT2D eigenvalue weighted by Gasteiger charge is 2.10. The van der Waals surface area contributed by atoms with Gasteiger partial charge in [-0.05, 0) is 12.8 Å². The number of nitrogens with zero attached hydrogens (tertiary/aromatic N) is 1. The van der Waals surface area contributed by atoms with Gasteiger partial charge in [-0.15, -0.1) is 11.3 Å². The van der Waals surface area contributed by atoms with Crippen LogP contribution in [0.2, 0.25) is 0 Å². The molecule has 112 valence electrons. The minimum Gasteiger partial charge on any atom is -0.381 e. The van der Waals surface area contributed by atoms with Gasteiger partial charge in [0.1, 0.15) is 5.69 Å². The van der Waals surface area contributed by atoms with Crippen molar-refractivity contribution in [2.75, 3.05) is 25.1 Å². The molecule has 7 heteroatoms. The molecule has 6 nitrogen and oxygen atoms in total. The molecule has 0 saturated carbocycles. The van der Waals surface area contributed by atoms with Gasteiger partial charge in [-0.3, -0.25) is 9.59 Å². The quantitative estimate of drug-likeness (QED) is 0.684. The molecule has 0 aliphatic carbocycles. The number of hydrogen-bond acceptors (Lipinski definition) is 5. The van der Waals surface area contributed by atoms with Crippen molar-refractivity contribution in [3.8, 4) is 0 Å². The van der Waals surface area contributed by atoms with E-state index in [1.807, 2.05) is 0 Å². The van der Waals surface area contributed by atoms with E-state index >= 15 is 0 Å². The van der Waals surface area contributed by atoms with Crippen LogP contribution >= 0.6 is 11.3 Å². The molecule has 0 radical (unpaired) electrons. The van der Waals surface area contributed by atoms with Gasteiger partial charge in [-0.25, -0.2) is 4.98 Å². The van der Waals surface area contributed by atoms with Gasteiger partial charge >= 0.3 is 0 Å². The number of carbonyl (C=O) groups is 2. The van der Waals surface area contributed by atoms with E-state index in [0.29, 0.717) is 24.0 Å². The molecule has 0 bridgehead atoms. The van der Waals surface area contributed by atoms with Crippen LogP contribution in [0.15, 0.2) is 5.38 Å². The van der Waals surface area contributed by atoms with Crippen LogP contribution in [0.25, 0.3) is 0 Å². The Morgan fingerprint density at radius 2 is 2.10 bits per heavy atom. The Bertz CT molecular complexity index is 434. The maximum Gasteiger partial charge on any atom is 0.270 e. The molecule has 20 heavy (non-hydrogen) atoms. The number of aromatic nitrogens is 1. The zero-order chi connectivity index (χ0) is 14.8. The molecule has 0 aliphatic heterocycles. The van der Waals surface area contributed by atoms with Crippen LogP contribution in [-0.2, 0) is 9.53 Å². The molecule has 0 unspecified atom stereocenters. The molecule has 1 aromatic rings. The Kier molecular flexibility index (Phi) is 7.82. The standard InChI is InChI=1S/C13H21N3O3S/c1-3-4-7-19-8-5-6-14-12(18)11-9-20-13(16-11)15-10(2)17/h9H,3-8H2,1-2H3,(H,14,18)(H,15,16,17). The van der Waals surface area contributed by atoms with Crippen LogP contribution in [0.5, 0.6) is 0 Å². The van der Waals surface area contributed by atoms with Crippen molar-refractivity contribution in [3.63, 3.8) is 0 Å². The number of thiazole rings is 1. The van der Waals surface area contributed by atoms with Crippen molar-refractivity contribution in [2.24, 2.45) is 0 Å². The fourth-order valence-corrected chi connectivity index (χ4v) is 2.14. The van der Waals surface area contributed by atoms with Gasteiger partial charge in [-0.1, -0.05) is 13.3 Å². The first-order valence-corrected chi connectivity index (χ1v) is 7.60. The monoisotopic (exact) mass is 299 g/mol. The van der Waals surface area contributed by atoms with Crippen molar-refractivity contribution >= 4 is 28.3 Å². The molecule has 0 fully saturated rings. The molecule has 2 N–H and O–H groups in total. The Morgan fingerprint density at radius 1 is 1.35 bits per heavy atom. The summed E-state index contributed by atoms with van der Waals surface area (Å²) in [6, 6.07) is 0. The molecule has 0 spiro atoms. The summed E-state index contributed by atoms with van der Waals surface area (Å²) in [4.78, 5) is 26.6.